The molecule has 1 aliphatic rings. The van der Waals surface area contributed by atoms with Crippen LogP contribution in [0.5, 0.6) is 17.2 Å². The number of phenolic OH excluding ortho intramolecular Hbond substituents is 1. The van der Waals surface area contributed by atoms with E-state index in [1.807, 2.05) is 12.1 Å². The first-order valence-corrected chi connectivity index (χ1v) is 8.19. The van der Waals surface area contributed by atoms with Gasteiger partial charge in [0.2, 0.25) is 5.82 Å². The van der Waals surface area contributed by atoms with Crippen LogP contribution in [0.2, 0.25) is 0 Å². The van der Waals surface area contributed by atoms with Crippen LogP contribution in [-0.4, -0.2) is 19.3 Å². The van der Waals surface area contributed by atoms with Crippen molar-refractivity contribution in [2.45, 2.75) is 31.8 Å². The van der Waals surface area contributed by atoms with Crippen LogP contribution in [-0.2, 0) is 13.0 Å². The van der Waals surface area contributed by atoms with Gasteiger partial charge in [0.05, 0.1) is 14.2 Å². The Morgan fingerprint density at radius 3 is 2.56 bits per heavy atom. The number of phenols is 1. The zero-order chi connectivity index (χ0) is 18.0. The summed E-state index contributed by atoms with van der Waals surface area (Å²) in [7, 11) is 3.19. The summed E-state index contributed by atoms with van der Waals surface area (Å²) in [6.45, 7) is 0.168. The fourth-order valence-electron chi connectivity index (χ4n) is 3.29. The average Bonchev–Trinajstić information content (AvgIpc) is 2.64. The zero-order valence-corrected chi connectivity index (χ0v) is 14.2. The van der Waals surface area contributed by atoms with Gasteiger partial charge in [-0.3, -0.25) is 0 Å². The van der Waals surface area contributed by atoms with Crippen molar-refractivity contribution in [1.82, 2.24) is 5.32 Å². The second-order valence-electron chi connectivity index (χ2n) is 6.10. The molecule has 2 aromatic rings. The second-order valence-corrected chi connectivity index (χ2v) is 6.10. The molecule has 0 heterocycles. The van der Waals surface area contributed by atoms with Crippen LogP contribution < -0.4 is 14.8 Å². The van der Waals surface area contributed by atoms with Gasteiger partial charge in [0.1, 0.15) is 0 Å². The lowest BCUT2D eigenvalue weighted by molar-refractivity contribution is 0.351. The third-order valence-corrected chi connectivity index (χ3v) is 4.64. The molecule has 0 radical (unpaired) electrons. The van der Waals surface area contributed by atoms with Gasteiger partial charge in [-0.2, -0.15) is 4.39 Å². The number of benzene rings is 2. The Labute approximate surface area is 145 Å². The number of hydrogen-bond acceptors (Lipinski definition) is 4. The SMILES string of the molecule is COc1cc2c(cc1OC)C(NCc1ccc(O)c(F)c1F)CCC2. The number of aromatic hydroxyl groups is 1. The first kappa shape index (κ1) is 17.5. The molecule has 2 aromatic carbocycles. The first-order chi connectivity index (χ1) is 12.0. The Morgan fingerprint density at radius 2 is 1.84 bits per heavy atom. The summed E-state index contributed by atoms with van der Waals surface area (Å²) < 4.78 is 38.1. The monoisotopic (exact) mass is 349 g/mol. The standard InChI is InChI=1S/C19H21F2NO3/c1-24-16-8-11-4-3-5-14(13(11)9-17(16)25-2)22-10-12-6-7-15(23)19(21)18(12)20/h6-9,14,22-23H,3-5,10H2,1-2H3. The van der Waals surface area contributed by atoms with Gasteiger partial charge in [0.25, 0.3) is 0 Å². The van der Waals surface area contributed by atoms with E-state index in [1.54, 1.807) is 14.2 Å². The minimum atomic E-state index is -1.21. The summed E-state index contributed by atoms with van der Waals surface area (Å²) in [4.78, 5) is 0. The first-order valence-electron chi connectivity index (χ1n) is 8.19. The van der Waals surface area contributed by atoms with E-state index in [0.717, 1.165) is 30.9 Å². The van der Waals surface area contributed by atoms with E-state index in [0.29, 0.717) is 11.5 Å². The van der Waals surface area contributed by atoms with Gasteiger partial charge in [0.15, 0.2) is 23.1 Å². The second kappa shape index (κ2) is 7.27. The van der Waals surface area contributed by atoms with Gasteiger partial charge in [-0.1, -0.05) is 6.07 Å². The van der Waals surface area contributed by atoms with E-state index in [-0.39, 0.29) is 18.2 Å². The molecule has 0 spiro atoms. The molecule has 25 heavy (non-hydrogen) atoms. The number of rotatable bonds is 5. The average molecular weight is 349 g/mol. The Morgan fingerprint density at radius 1 is 1.12 bits per heavy atom. The lowest BCUT2D eigenvalue weighted by Crippen LogP contribution is -2.25. The fraction of sp³-hybridized carbons (Fsp3) is 0.368. The topological polar surface area (TPSA) is 50.7 Å². The molecule has 1 aliphatic carbocycles. The molecule has 3 rings (SSSR count). The molecule has 1 unspecified atom stereocenters. The van der Waals surface area contributed by atoms with E-state index in [4.69, 9.17) is 9.47 Å². The maximum absolute atomic E-state index is 13.9. The minimum absolute atomic E-state index is 0.0137. The van der Waals surface area contributed by atoms with Crippen molar-refractivity contribution in [3.8, 4) is 17.2 Å². The molecule has 0 saturated heterocycles. The maximum Gasteiger partial charge on any atom is 0.200 e. The molecule has 0 saturated carbocycles. The van der Waals surface area contributed by atoms with Crippen molar-refractivity contribution in [2.24, 2.45) is 0 Å². The summed E-state index contributed by atoms with van der Waals surface area (Å²) >= 11 is 0. The van der Waals surface area contributed by atoms with Crippen LogP contribution >= 0.6 is 0 Å². The lowest BCUT2D eigenvalue weighted by atomic mass is 9.87. The molecule has 0 fully saturated rings. The fourth-order valence-corrected chi connectivity index (χ4v) is 3.29. The minimum Gasteiger partial charge on any atom is -0.505 e. The highest BCUT2D eigenvalue weighted by molar-refractivity contribution is 5.49. The smallest absolute Gasteiger partial charge is 0.200 e. The predicted octanol–water partition coefficient (Wildman–Crippen LogP) is 3.85. The molecular weight excluding hydrogens is 328 g/mol. The van der Waals surface area contributed by atoms with Gasteiger partial charge in [-0.25, -0.2) is 4.39 Å². The van der Waals surface area contributed by atoms with Crippen molar-refractivity contribution in [1.29, 1.82) is 0 Å². The third-order valence-electron chi connectivity index (χ3n) is 4.64. The Hall–Kier alpha value is -2.34. The molecule has 1 atom stereocenters. The van der Waals surface area contributed by atoms with Crippen molar-refractivity contribution >= 4 is 0 Å². The largest absolute Gasteiger partial charge is 0.505 e. The molecule has 4 nitrogen and oxygen atoms in total. The quantitative estimate of drug-likeness (QED) is 0.861. The number of nitrogens with one attached hydrogen (secondary N) is 1. The Kier molecular flexibility index (Phi) is 5.08. The molecule has 0 amide bonds. The van der Waals surface area contributed by atoms with Gasteiger partial charge >= 0.3 is 0 Å². The zero-order valence-electron chi connectivity index (χ0n) is 14.2. The van der Waals surface area contributed by atoms with Gasteiger partial charge < -0.3 is 19.9 Å². The van der Waals surface area contributed by atoms with Gasteiger partial charge in [-0.05, 0) is 48.6 Å². The summed E-state index contributed by atoms with van der Waals surface area (Å²) in [6.07, 6.45) is 2.83. The van der Waals surface area contributed by atoms with Crippen LogP contribution in [0.25, 0.3) is 0 Å². The number of hydrogen-bond donors (Lipinski definition) is 2. The summed E-state index contributed by atoms with van der Waals surface area (Å²) in [5, 5.41) is 12.5. The molecule has 6 heteroatoms. The number of ether oxygens (including phenoxy) is 2. The van der Waals surface area contributed by atoms with Crippen LogP contribution in [0.15, 0.2) is 24.3 Å². The lowest BCUT2D eigenvalue weighted by Gasteiger charge is -2.28. The Bertz CT molecular complexity index is 780. The van der Waals surface area contributed by atoms with Gasteiger partial charge in [0, 0.05) is 18.2 Å². The number of methoxy groups -OCH3 is 2. The normalized spacial score (nSPS) is 16.4. The van der Waals surface area contributed by atoms with Crippen molar-refractivity contribution < 1.29 is 23.4 Å². The summed E-state index contributed by atoms with van der Waals surface area (Å²) in [5.41, 5.74) is 2.44. The number of aryl methyl sites for hydroxylation is 1. The van der Waals surface area contributed by atoms with Gasteiger partial charge in [-0.15, -0.1) is 0 Å². The molecule has 2 N–H and O–H groups in total. The summed E-state index contributed by atoms with van der Waals surface area (Å²) in [5.74, 6) is -1.57. The van der Waals surface area contributed by atoms with Crippen LogP contribution in [0, 0.1) is 11.6 Å². The highest BCUT2D eigenvalue weighted by Crippen LogP contribution is 2.38. The number of fused-ring (bicyclic) bond motifs is 1. The van der Waals surface area contributed by atoms with Crippen LogP contribution in [0.1, 0.15) is 35.6 Å². The Balaban J connectivity index is 1.83. The molecule has 134 valence electrons. The predicted molar refractivity (Wildman–Crippen MR) is 90.1 cm³/mol. The van der Waals surface area contributed by atoms with E-state index in [9.17, 15) is 13.9 Å². The highest BCUT2D eigenvalue weighted by Gasteiger charge is 2.23. The van der Waals surface area contributed by atoms with Crippen molar-refractivity contribution in [2.75, 3.05) is 14.2 Å². The number of halogens is 2. The van der Waals surface area contributed by atoms with E-state index < -0.39 is 17.4 Å². The van der Waals surface area contributed by atoms with E-state index in [1.165, 1.54) is 11.6 Å². The maximum atomic E-state index is 13.9. The van der Waals surface area contributed by atoms with E-state index in [2.05, 4.69) is 5.32 Å². The van der Waals surface area contributed by atoms with Crippen molar-refractivity contribution in [3.05, 3.63) is 52.6 Å². The van der Waals surface area contributed by atoms with Crippen LogP contribution in [0.3, 0.4) is 0 Å². The molecule has 0 bridgehead atoms. The highest BCUT2D eigenvalue weighted by atomic mass is 19.2. The van der Waals surface area contributed by atoms with Crippen molar-refractivity contribution in [3.63, 3.8) is 0 Å². The van der Waals surface area contributed by atoms with E-state index >= 15 is 0 Å². The third kappa shape index (κ3) is 3.39. The molecule has 0 aliphatic heterocycles. The van der Waals surface area contributed by atoms with Crippen LogP contribution in [0.4, 0.5) is 8.78 Å². The summed E-state index contributed by atoms with van der Waals surface area (Å²) in [6, 6.07) is 6.48. The molecular formula is C19H21F2NO3. The molecule has 0 aromatic heterocycles.